The summed E-state index contributed by atoms with van der Waals surface area (Å²) in [6.45, 7) is 2.94. The normalized spacial score (nSPS) is 29.1. The molecule has 18 heavy (non-hydrogen) atoms. The molecule has 2 aliphatic rings. The zero-order chi connectivity index (χ0) is 12.5. The van der Waals surface area contributed by atoms with Gasteiger partial charge in [0.2, 0.25) is 0 Å². The van der Waals surface area contributed by atoms with Gasteiger partial charge in [0, 0.05) is 18.8 Å². The van der Waals surface area contributed by atoms with Crippen molar-refractivity contribution in [1.29, 1.82) is 0 Å². The zero-order valence-electron chi connectivity index (χ0n) is 11.0. The Labute approximate surface area is 109 Å². The fourth-order valence-electron chi connectivity index (χ4n) is 3.54. The van der Waals surface area contributed by atoms with Crippen LogP contribution >= 0.6 is 0 Å². The van der Waals surface area contributed by atoms with Gasteiger partial charge in [0.1, 0.15) is 5.82 Å². The molecule has 1 N–H and O–H groups in total. The highest BCUT2D eigenvalue weighted by Gasteiger charge is 2.36. The van der Waals surface area contributed by atoms with Crippen LogP contribution in [0.25, 0.3) is 0 Å². The van der Waals surface area contributed by atoms with Crippen molar-refractivity contribution >= 4 is 5.82 Å². The lowest BCUT2D eigenvalue weighted by Crippen LogP contribution is -2.35. The highest BCUT2D eigenvalue weighted by Crippen LogP contribution is 2.38. The minimum atomic E-state index is -0.406. The lowest BCUT2D eigenvalue weighted by molar-refractivity contribution is 0.199. The van der Waals surface area contributed by atoms with Crippen LogP contribution < -0.4 is 4.90 Å². The standard InChI is InChI=1S/C15H22N2O/c1-11(18)13-6-8-16-15(10-13)17-9-7-12-4-2-3-5-14(12)17/h6,8,10-12,14,18H,2-5,7,9H2,1H3. The van der Waals surface area contributed by atoms with E-state index in [0.717, 1.165) is 23.8 Å². The lowest BCUT2D eigenvalue weighted by atomic mass is 9.85. The maximum Gasteiger partial charge on any atom is 0.129 e. The largest absolute Gasteiger partial charge is 0.389 e. The number of fused-ring (bicyclic) bond motifs is 1. The third-order valence-corrected chi connectivity index (χ3v) is 4.56. The van der Waals surface area contributed by atoms with E-state index in [1.807, 2.05) is 19.2 Å². The fourth-order valence-corrected chi connectivity index (χ4v) is 3.54. The maximum absolute atomic E-state index is 9.68. The van der Waals surface area contributed by atoms with Crippen LogP contribution in [0.5, 0.6) is 0 Å². The molecule has 98 valence electrons. The average molecular weight is 246 g/mol. The number of rotatable bonds is 2. The van der Waals surface area contributed by atoms with Crippen LogP contribution in [0.4, 0.5) is 5.82 Å². The molecule has 1 aromatic rings. The number of hydrogen-bond acceptors (Lipinski definition) is 3. The van der Waals surface area contributed by atoms with Gasteiger partial charge in [-0.3, -0.25) is 0 Å². The highest BCUT2D eigenvalue weighted by molar-refractivity contribution is 5.44. The van der Waals surface area contributed by atoms with Crippen molar-refractivity contribution in [1.82, 2.24) is 4.98 Å². The number of aliphatic hydroxyl groups is 1. The van der Waals surface area contributed by atoms with Crippen molar-refractivity contribution in [2.75, 3.05) is 11.4 Å². The molecule has 3 unspecified atom stereocenters. The van der Waals surface area contributed by atoms with Crippen molar-refractivity contribution in [3.05, 3.63) is 23.9 Å². The summed E-state index contributed by atoms with van der Waals surface area (Å²) in [7, 11) is 0. The second-order valence-electron chi connectivity index (χ2n) is 5.72. The van der Waals surface area contributed by atoms with Crippen molar-refractivity contribution in [2.24, 2.45) is 5.92 Å². The van der Waals surface area contributed by atoms with Gasteiger partial charge in [-0.2, -0.15) is 0 Å². The maximum atomic E-state index is 9.68. The number of pyridine rings is 1. The summed E-state index contributed by atoms with van der Waals surface area (Å²) in [6, 6.07) is 4.65. The molecule has 3 heteroatoms. The van der Waals surface area contributed by atoms with E-state index in [-0.39, 0.29) is 0 Å². The molecule has 1 aromatic heterocycles. The number of anilines is 1. The lowest BCUT2D eigenvalue weighted by Gasteiger charge is -2.32. The first kappa shape index (κ1) is 12.0. The first-order chi connectivity index (χ1) is 8.75. The number of aliphatic hydroxyl groups excluding tert-OH is 1. The third-order valence-electron chi connectivity index (χ3n) is 4.56. The predicted octanol–water partition coefficient (Wildman–Crippen LogP) is 2.90. The topological polar surface area (TPSA) is 36.4 Å². The molecular formula is C15H22N2O. The summed E-state index contributed by atoms with van der Waals surface area (Å²) >= 11 is 0. The van der Waals surface area contributed by atoms with Gasteiger partial charge in [0.25, 0.3) is 0 Å². The summed E-state index contributed by atoms with van der Waals surface area (Å²) in [5, 5.41) is 9.68. The molecule has 0 amide bonds. The Bertz CT molecular complexity index is 419. The van der Waals surface area contributed by atoms with Gasteiger partial charge in [-0.15, -0.1) is 0 Å². The number of hydrogen-bond donors (Lipinski definition) is 1. The van der Waals surface area contributed by atoms with Crippen LogP contribution in [-0.4, -0.2) is 22.7 Å². The minimum absolute atomic E-state index is 0.406. The van der Waals surface area contributed by atoms with E-state index in [1.165, 1.54) is 32.1 Å². The van der Waals surface area contributed by atoms with E-state index in [2.05, 4.69) is 16.0 Å². The van der Waals surface area contributed by atoms with Crippen LogP contribution in [0.2, 0.25) is 0 Å². The third kappa shape index (κ3) is 2.12. The molecule has 3 rings (SSSR count). The highest BCUT2D eigenvalue weighted by atomic mass is 16.3. The molecule has 1 aliphatic heterocycles. The van der Waals surface area contributed by atoms with Gasteiger partial charge in [-0.25, -0.2) is 4.98 Å². The SMILES string of the molecule is CC(O)c1ccnc(N2CCC3CCCCC32)c1. The van der Waals surface area contributed by atoms with Crippen molar-refractivity contribution in [3.8, 4) is 0 Å². The predicted molar refractivity (Wildman–Crippen MR) is 72.6 cm³/mol. The van der Waals surface area contributed by atoms with Gasteiger partial charge in [-0.1, -0.05) is 12.8 Å². The molecule has 3 atom stereocenters. The summed E-state index contributed by atoms with van der Waals surface area (Å²) in [4.78, 5) is 6.98. The van der Waals surface area contributed by atoms with Crippen molar-refractivity contribution < 1.29 is 5.11 Å². The van der Waals surface area contributed by atoms with E-state index in [9.17, 15) is 5.11 Å². The van der Waals surface area contributed by atoms with Gasteiger partial charge >= 0.3 is 0 Å². The van der Waals surface area contributed by atoms with Gasteiger partial charge < -0.3 is 10.0 Å². The minimum Gasteiger partial charge on any atom is -0.389 e. The fraction of sp³-hybridized carbons (Fsp3) is 0.667. The summed E-state index contributed by atoms with van der Waals surface area (Å²) < 4.78 is 0. The van der Waals surface area contributed by atoms with Crippen LogP contribution in [0, 0.1) is 5.92 Å². The second-order valence-corrected chi connectivity index (χ2v) is 5.72. The Morgan fingerprint density at radius 2 is 2.17 bits per heavy atom. The van der Waals surface area contributed by atoms with E-state index in [0.29, 0.717) is 6.04 Å². The smallest absolute Gasteiger partial charge is 0.129 e. The molecule has 2 fully saturated rings. The Kier molecular flexibility index (Phi) is 3.25. The van der Waals surface area contributed by atoms with Crippen LogP contribution in [0.15, 0.2) is 18.3 Å². The van der Waals surface area contributed by atoms with Crippen LogP contribution in [0.1, 0.15) is 50.7 Å². The van der Waals surface area contributed by atoms with Crippen LogP contribution in [0.3, 0.4) is 0 Å². The Hall–Kier alpha value is -1.09. The summed E-state index contributed by atoms with van der Waals surface area (Å²) in [6.07, 6.45) is 8.18. The molecule has 0 spiro atoms. The summed E-state index contributed by atoms with van der Waals surface area (Å²) in [5.74, 6) is 1.93. The zero-order valence-corrected chi connectivity index (χ0v) is 11.0. The van der Waals surface area contributed by atoms with Gasteiger partial charge in [0.05, 0.1) is 6.10 Å². The molecule has 1 saturated heterocycles. The molecule has 2 heterocycles. The molecule has 1 saturated carbocycles. The Balaban J connectivity index is 1.84. The molecule has 0 bridgehead atoms. The van der Waals surface area contributed by atoms with Crippen LogP contribution in [-0.2, 0) is 0 Å². The molecular weight excluding hydrogens is 224 g/mol. The number of aromatic nitrogens is 1. The number of nitrogens with zero attached hydrogens (tertiary/aromatic N) is 2. The Morgan fingerprint density at radius 1 is 1.33 bits per heavy atom. The van der Waals surface area contributed by atoms with Crippen molar-refractivity contribution in [2.45, 2.75) is 51.2 Å². The van der Waals surface area contributed by atoms with E-state index < -0.39 is 6.10 Å². The van der Waals surface area contributed by atoms with E-state index in [1.54, 1.807) is 0 Å². The molecule has 0 radical (unpaired) electrons. The monoisotopic (exact) mass is 246 g/mol. The quantitative estimate of drug-likeness (QED) is 0.871. The average Bonchev–Trinajstić information content (AvgIpc) is 2.82. The van der Waals surface area contributed by atoms with E-state index >= 15 is 0 Å². The van der Waals surface area contributed by atoms with Gasteiger partial charge in [0.15, 0.2) is 0 Å². The summed E-state index contributed by atoms with van der Waals surface area (Å²) in [5.41, 5.74) is 0.972. The molecule has 3 nitrogen and oxygen atoms in total. The van der Waals surface area contributed by atoms with Crippen molar-refractivity contribution in [3.63, 3.8) is 0 Å². The molecule has 1 aliphatic carbocycles. The molecule has 0 aromatic carbocycles. The Morgan fingerprint density at radius 3 is 3.00 bits per heavy atom. The first-order valence-corrected chi connectivity index (χ1v) is 7.16. The second kappa shape index (κ2) is 4.88. The van der Waals surface area contributed by atoms with Gasteiger partial charge in [-0.05, 0) is 49.8 Å². The first-order valence-electron chi connectivity index (χ1n) is 7.16. The van der Waals surface area contributed by atoms with E-state index in [4.69, 9.17) is 0 Å².